The lowest BCUT2D eigenvalue weighted by atomic mass is 10.1. The number of hydrogen-bond acceptors (Lipinski definition) is 3. The Kier molecular flexibility index (Phi) is 5.72. The Balaban J connectivity index is 3.05. The molecule has 1 N–H and O–H groups in total. The molecule has 18 heavy (non-hydrogen) atoms. The quantitative estimate of drug-likeness (QED) is 0.840. The molecule has 0 aliphatic rings. The van der Waals surface area contributed by atoms with Gasteiger partial charge in [-0.1, -0.05) is 24.3 Å². The minimum atomic E-state index is 0.121. The van der Waals surface area contributed by atoms with Gasteiger partial charge >= 0.3 is 0 Å². The van der Waals surface area contributed by atoms with Gasteiger partial charge in [0.15, 0.2) is 11.5 Å². The number of para-hydroxylation sites is 1. The van der Waals surface area contributed by atoms with Crippen LogP contribution in [0.1, 0.15) is 26.3 Å². The molecule has 0 amide bonds. The summed E-state index contributed by atoms with van der Waals surface area (Å²) in [6.45, 7) is 6.12. The van der Waals surface area contributed by atoms with Gasteiger partial charge in [-0.2, -0.15) is 0 Å². The molecule has 0 heterocycles. The van der Waals surface area contributed by atoms with E-state index in [-0.39, 0.29) is 6.10 Å². The van der Waals surface area contributed by atoms with Crippen LogP contribution in [0.25, 0.3) is 6.08 Å². The van der Waals surface area contributed by atoms with Crippen LogP contribution in [0.3, 0.4) is 0 Å². The third-order valence-electron chi connectivity index (χ3n) is 2.60. The number of ether oxygens (including phenoxy) is 2. The third-order valence-corrected chi connectivity index (χ3v) is 2.60. The molecule has 3 nitrogen and oxygen atoms in total. The van der Waals surface area contributed by atoms with Crippen LogP contribution in [-0.4, -0.2) is 26.3 Å². The van der Waals surface area contributed by atoms with Crippen LogP contribution >= 0.6 is 0 Å². The maximum atomic E-state index is 5.84. The molecule has 0 aliphatic carbocycles. The van der Waals surface area contributed by atoms with Gasteiger partial charge in [-0.05, 0) is 33.9 Å². The summed E-state index contributed by atoms with van der Waals surface area (Å²) >= 11 is 0. The maximum absolute atomic E-state index is 5.84. The molecular weight excluding hydrogens is 226 g/mol. The molecule has 1 atom stereocenters. The molecule has 1 rings (SSSR count). The second-order valence-corrected chi connectivity index (χ2v) is 4.48. The van der Waals surface area contributed by atoms with Gasteiger partial charge in [0, 0.05) is 11.6 Å². The lowest BCUT2D eigenvalue weighted by Gasteiger charge is -2.16. The molecular formula is C15H23NO2. The van der Waals surface area contributed by atoms with Crippen LogP contribution < -0.4 is 14.8 Å². The molecule has 0 fully saturated rings. The molecule has 0 aromatic heterocycles. The standard InChI is InChI=1S/C15H23NO2/c1-11(2)18-15-13(10-9-12(3)16-4)7-6-8-14(15)17-5/h6-12,16H,1-5H3/b10-9+. The first-order valence-electron chi connectivity index (χ1n) is 6.27. The van der Waals surface area contributed by atoms with E-state index in [1.165, 1.54) is 0 Å². The first-order chi connectivity index (χ1) is 8.58. The Morgan fingerprint density at radius 3 is 2.50 bits per heavy atom. The van der Waals surface area contributed by atoms with E-state index < -0.39 is 0 Å². The van der Waals surface area contributed by atoms with Crippen molar-refractivity contribution in [1.82, 2.24) is 5.32 Å². The zero-order valence-electron chi connectivity index (χ0n) is 11.9. The third kappa shape index (κ3) is 4.08. The summed E-state index contributed by atoms with van der Waals surface area (Å²) in [7, 11) is 3.60. The van der Waals surface area contributed by atoms with E-state index in [9.17, 15) is 0 Å². The fourth-order valence-electron chi connectivity index (χ4n) is 1.53. The highest BCUT2D eigenvalue weighted by Gasteiger charge is 2.10. The molecule has 0 bridgehead atoms. The summed E-state index contributed by atoms with van der Waals surface area (Å²) in [5.74, 6) is 1.57. The Morgan fingerprint density at radius 2 is 1.94 bits per heavy atom. The number of likely N-dealkylation sites (N-methyl/N-ethyl adjacent to an activating group) is 1. The maximum Gasteiger partial charge on any atom is 0.168 e. The van der Waals surface area contributed by atoms with Gasteiger partial charge < -0.3 is 14.8 Å². The highest BCUT2D eigenvalue weighted by Crippen LogP contribution is 2.32. The molecule has 3 heteroatoms. The number of nitrogens with one attached hydrogen (secondary N) is 1. The molecule has 1 aromatic carbocycles. The minimum absolute atomic E-state index is 0.121. The fourth-order valence-corrected chi connectivity index (χ4v) is 1.53. The second-order valence-electron chi connectivity index (χ2n) is 4.48. The van der Waals surface area contributed by atoms with E-state index in [0.717, 1.165) is 17.1 Å². The zero-order chi connectivity index (χ0) is 13.5. The van der Waals surface area contributed by atoms with Gasteiger partial charge in [0.25, 0.3) is 0 Å². The van der Waals surface area contributed by atoms with Crippen LogP contribution in [0.5, 0.6) is 11.5 Å². The minimum Gasteiger partial charge on any atom is -0.493 e. The van der Waals surface area contributed by atoms with Gasteiger partial charge in [-0.25, -0.2) is 0 Å². The second kappa shape index (κ2) is 7.07. The number of rotatable bonds is 6. The van der Waals surface area contributed by atoms with Crippen molar-refractivity contribution in [2.45, 2.75) is 32.9 Å². The fraction of sp³-hybridized carbons (Fsp3) is 0.467. The largest absolute Gasteiger partial charge is 0.493 e. The molecule has 0 saturated carbocycles. The SMILES string of the molecule is CNC(C)/C=C/c1cccc(OC)c1OC(C)C. The molecule has 0 spiro atoms. The summed E-state index contributed by atoms with van der Waals surface area (Å²) in [5, 5.41) is 3.17. The summed E-state index contributed by atoms with van der Waals surface area (Å²) < 4.78 is 11.2. The monoisotopic (exact) mass is 249 g/mol. The normalized spacial score (nSPS) is 13.0. The van der Waals surface area contributed by atoms with Crippen LogP contribution in [0, 0.1) is 0 Å². The molecule has 0 saturated heterocycles. The zero-order valence-corrected chi connectivity index (χ0v) is 11.9. The van der Waals surface area contributed by atoms with Crippen molar-refractivity contribution in [2.75, 3.05) is 14.2 Å². The van der Waals surface area contributed by atoms with Gasteiger partial charge in [0.1, 0.15) is 0 Å². The van der Waals surface area contributed by atoms with E-state index >= 15 is 0 Å². The predicted octanol–water partition coefficient (Wildman–Crippen LogP) is 3.10. The smallest absolute Gasteiger partial charge is 0.168 e. The average molecular weight is 249 g/mol. The van der Waals surface area contributed by atoms with Crippen molar-refractivity contribution in [3.8, 4) is 11.5 Å². The number of hydrogen-bond donors (Lipinski definition) is 1. The van der Waals surface area contributed by atoms with E-state index in [1.807, 2.05) is 39.1 Å². The Labute approximate surface area is 110 Å². The topological polar surface area (TPSA) is 30.5 Å². The van der Waals surface area contributed by atoms with Gasteiger partial charge in [0.2, 0.25) is 0 Å². The van der Waals surface area contributed by atoms with Crippen LogP contribution in [-0.2, 0) is 0 Å². The van der Waals surface area contributed by atoms with Gasteiger partial charge in [-0.15, -0.1) is 0 Å². The van der Waals surface area contributed by atoms with E-state index in [4.69, 9.17) is 9.47 Å². The Hall–Kier alpha value is -1.48. The lowest BCUT2D eigenvalue weighted by molar-refractivity contribution is 0.229. The van der Waals surface area contributed by atoms with Crippen LogP contribution in [0.15, 0.2) is 24.3 Å². The number of methoxy groups -OCH3 is 1. The van der Waals surface area contributed by atoms with Crippen molar-refractivity contribution >= 4 is 6.08 Å². The summed E-state index contributed by atoms with van der Waals surface area (Å²) in [5.41, 5.74) is 1.03. The van der Waals surface area contributed by atoms with Crippen molar-refractivity contribution < 1.29 is 9.47 Å². The van der Waals surface area contributed by atoms with Crippen molar-refractivity contribution in [3.05, 3.63) is 29.8 Å². The Morgan fingerprint density at radius 1 is 1.22 bits per heavy atom. The first kappa shape index (κ1) is 14.6. The predicted molar refractivity (Wildman–Crippen MR) is 76.3 cm³/mol. The molecule has 0 radical (unpaired) electrons. The Bertz CT molecular complexity index is 399. The van der Waals surface area contributed by atoms with Crippen molar-refractivity contribution in [2.24, 2.45) is 0 Å². The van der Waals surface area contributed by atoms with Crippen LogP contribution in [0.4, 0.5) is 0 Å². The van der Waals surface area contributed by atoms with Crippen molar-refractivity contribution in [1.29, 1.82) is 0 Å². The van der Waals surface area contributed by atoms with Gasteiger partial charge in [0.05, 0.1) is 13.2 Å². The van der Waals surface area contributed by atoms with Crippen LogP contribution in [0.2, 0.25) is 0 Å². The molecule has 1 unspecified atom stereocenters. The molecule has 100 valence electrons. The number of benzene rings is 1. The summed E-state index contributed by atoms with van der Waals surface area (Å²) in [6.07, 6.45) is 4.28. The molecule has 0 aliphatic heterocycles. The molecule has 1 aromatic rings. The van der Waals surface area contributed by atoms with E-state index in [2.05, 4.69) is 24.4 Å². The van der Waals surface area contributed by atoms with E-state index in [1.54, 1.807) is 7.11 Å². The summed E-state index contributed by atoms with van der Waals surface area (Å²) in [6, 6.07) is 6.23. The lowest BCUT2D eigenvalue weighted by Crippen LogP contribution is -2.17. The van der Waals surface area contributed by atoms with E-state index in [0.29, 0.717) is 6.04 Å². The average Bonchev–Trinajstić information content (AvgIpc) is 2.36. The highest BCUT2D eigenvalue weighted by atomic mass is 16.5. The van der Waals surface area contributed by atoms with Gasteiger partial charge in [-0.3, -0.25) is 0 Å². The van der Waals surface area contributed by atoms with Crippen molar-refractivity contribution in [3.63, 3.8) is 0 Å². The first-order valence-corrected chi connectivity index (χ1v) is 6.27. The summed E-state index contributed by atoms with van der Waals surface area (Å²) in [4.78, 5) is 0. The highest BCUT2D eigenvalue weighted by molar-refractivity contribution is 5.62.